The molecular weight excluding hydrogens is 228 g/mol. The number of aromatic nitrogens is 1. The SMILES string of the molecule is CCOC(=O)[C@H](C#N)c1cncc2ccccc12. The van der Waals surface area contributed by atoms with Crippen LogP contribution < -0.4 is 0 Å². The fourth-order valence-electron chi connectivity index (χ4n) is 1.84. The molecule has 0 fully saturated rings. The van der Waals surface area contributed by atoms with Crippen molar-refractivity contribution in [2.75, 3.05) is 6.61 Å². The molecule has 0 N–H and O–H groups in total. The van der Waals surface area contributed by atoms with Crippen LogP contribution in [0.5, 0.6) is 0 Å². The van der Waals surface area contributed by atoms with E-state index in [2.05, 4.69) is 4.98 Å². The molecule has 0 unspecified atom stereocenters. The van der Waals surface area contributed by atoms with E-state index in [0.717, 1.165) is 10.8 Å². The van der Waals surface area contributed by atoms with Crippen molar-refractivity contribution in [3.63, 3.8) is 0 Å². The van der Waals surface area contributed by atoms with Crippen molar-refractivity contribution in [3.05, 3.63) is 42.2 Å². The second kappa shape index (κ2) is 5.28. The fraction of sp³-hybridized carbons (Fsp3) is 0.214. The number of carbonyl (C=O) groups is 1. The van der Waals surface area contributed by atoms with Gasteiger partial charge < -0.3 is 4.74 Å². The number of nitriles is 1. The highest BCUT2D eigenvalue weighted by molar-refractivity contribution is 5.91. The van der Waals surface area contributed by atoms with Crippen molar-refractivity contribution < 1.29 is 9.53 Å². The van der Waals surface area contributed by atoms with E-state index >= 15 is 0 Å². The molecule has 2 aromatic rings. The van der Waals surface area contributed by atoms with Crippen LogP contribution in [0.2, 0.25) is 0 Å². The summed E-state index contributed by atoms with van der Waals surface area (Å²) in [7, 11) is 0. The molecule has 1 heterocycles. The number of ether oxygens (including phenoxy) is 1. The van der Waals surface area contributed by atoms with Crippen LogP contribution in [0, 0.1) is 11.3 Å². The van der Waals surface area contributed by atoms with E-state index in [1.54, 1.807) is 19.3 Å². The van der Waals surface area contributed by atoms with Crippen LogP contribution in [0.4, 0.5) is 0 Å². The highest BCUT2D eigenvalue weighted by Gasteiger charge is 2.23. The van der Waals surface area contributed by atoms with Crippen LogP contribution in [-0.2, 0) is 9.53 Å². The Bertz CT molecular complexity index is 611. The average Bonchev–Trinajstić information content (AvgIpc) is 2.40. The van der Waals surface area contributed by atoms with Crippen molar-refractivity contribution in [2.24, 2.45) is 0 Å². The molecule has 0 saturated heterocycles. The number of pyridine rings is 1. The van der Waals surface area contributed by atoms with Crippen LogP contribution in [0.25, 0.3) is 10.8 Å². The summed E-state index contributed by atoms with van der Waals surface area (Å²) in [5.41, 5.74) is 0.592. The van der Waals surface area contributed by atoms with E-state index in [9.17, 15) is 4.79 Å². The minimum Gasteiger partial charge on any atom is -0.465 e. The molecule has 4 heteroatoms. The van der Waals surface area contributed by atoms with Crippen molar-refractivity contribution in [2.45, 2.75) is 12.8 Å². The molecule has 0 radical (unpaired) electrons. The number of nitrogens with zero attached hydrogens (tertiary/aromatic N) is 2. The minimum atomic E-state index is -0.927. The molecule has 0 aliphatic carbocycles. The number of rotatable bonds is 3. The first-order valence-corrected chi connectivity index (χ1v) is 5.66. The number of esters is 1. The van der Waals surface area contributed by atoms with Crippen molar-refractivity contribution in [1.82, 2.24) is 4.98 Å². The van der Waals surface area contributed by atoms with E-state index in [1.807, 2.05) is 30.3 Å². The van der Waals surface area contributed by atoms with Gasteiger partial charge in [-0.2, -0.15) is 5.26 Å². The Kier molecular flexibility index (Phi) is 3.54. The summed E-state index contributed by atoms with van der Waals surface area (Å²) in [4.78, 5) is 15.8. The first-order valence-electron chi connectivity index (χ1n) is 5.66. The van der Waals surface area contributed by atoms with Crippen LogP contribution in [0.1, 0.15) is 18.4 Å². The van der Waals surface area contributed by atoms with Gasteiger partial charge in [0.15, 0.2) is 5.92 Å². The van der Waals surface area contributed by atoms with Gasteiger partial charge in [0.2, 0.25) is 0 Å². The third-order valence-electron chi connectivity index (χ3n) is 2.66. The topological polar surface area (TPSA) is 63.0 Å². The van der Waals surface area contributed by atoms with Gasteiger partial charge in [0.05, 0.1) is 12.7 Å². The van der Waals surface area contributed by atoms with Gasteiger partial charge in [0.1, 0.15) is 0 Å². The molecule has 18 heavy (non-hydrogen) atoms. The monoisotopic (exact) mass is 240 g/mol. The molecule has 0 spiro atoms. The van der Waals surface area contributed by atoms with Gasteiger partial charge in [-0.3, -0.25) is 9.78 Å². The number of hydrogen-bond donors (Lipinski definition) is 0. The largest absolute Gasteiger partial charge is 0.465 e. The molecule has 1 aromatic heterocycles. The van der Waals surface area contributed by atoms with Crippen molar-refractivity contribution >= 4 is 16.7 Å². The zero-order chi connectivity index (χ0) is 13.0. The van der Waals surface area contributed by atoms with E-state index < -0.39 is 11.9 Å². The maximum atomic E-state index is 11.7. The highest BCUT2D eigenvalue weighted by Crippen LogP contribution is 2.25. The maximum Gasteiger partial charge on any atom is 0.327 e. The average molecular weight is 240 g/mol. The summed E-state index contributed by atoms with van der Waals surface area (Å²) in [6, 6.07) is 9.50. The molecule has 0 aliphatic heterocycles. The molecule has 90 valence electrons. The van der Waals surface area contributed by atoms with Gasteiger partial charge in [0.25, 0.3) is 0 Å². The van der Waals surface area contributed by atoms with Gasteiger partial charge >= 0.3 is 5.97 Å². The van der Waals surface area contributed by atoms with E-state index in [1.165, 1.54) is 0 Å². The minimum absolute atomic E-state index is 0.259. The zero-order valence-corrected chi connectivity index (χ0v) is 9.96. The van der Waals surface area contributed by atoms with E-state index in [-0.39, 0.29) is 6.61 Å². The smallest absolute Gasteiger partial charge is 0.327 e. The molecule has 4 nitrogen and oxygen atoms in total. The zero-order valence-electron chi connectivity index (χ0n) is 9.96. The lowest BCUT2D eigenvalue weighted by molar-refractivity contribution is -0.143. The van der Waals surface area contributed by atoms with Crippen LogP contribution >= 0.6 is 0 Å². The number of hydrogen-bond acceptors (Lipinski definition) is 4. The Morgan fingerprint density at radius 1 is 1.44 bits per heavy atom. The Labute approximate surface area is 105 Å². The van der Waals surface area contributed by atoms with Gasteiger partial charge in [-0.1, -0.05) is 24.3 Å². The van der Waals surface area contributed by atoms with Gasteiger partial charge in [-0.15, -0.1) is 0 Å². The Hall–Kier alpha value is -2.41. The molecule has 1 atom stereocenters. The molecule has 0 aliphatic rings. The standard InChI is InChI=1S/C14H12N2O2/c1-2-18-14(17)12(7-15)13-9-16-8-10-5-3-4-6-11(10)13/h3-6,8-9,12H,2H2,1H3/t12-/m1/s1. The second-order valence-electron chi connectivity index (χ2n) is 3.76. The highest BCUT2D eigenvalue weighted by atomic mass is 16.5. The molecule has 0 bridgehead atoms. The van der Waals surface area contributed by atoms with Gasteiger partial charge in [-0.25, -0.2) is 0 Å². The number of carbonyl (C=O) groups excluding carboxylic acids is 1. The lowest BCUT2D eigenvalue weighted by atomic mass is 9.97. The lowest BCUT2D eigenvalue weighted by Gasteiger charge is -2.10. The summed E-state index contributed by atoms with van der Waals surface area (Å²) in [6.07, 6.45) is 3.26. The van der Waals surface area contributed by atoms with Crippen LogP contribution in [0.15, 0.2) is 36.7 Å². The van der Waals surface area contributed by atoms with Crippen molar-refractivity contribution in [3.8, 4) is 6.07 Å². The molecular formula is C14H12N2O2. The quantitative estimate of drug-likeness (QED) is 0.773. The van der Waals surface area contributed by atoms with Crippen LogP contribution in [-0.4, -0.2) is 17.6 Å². The van der Waals surface area contributed by atoms with E-state index in [4.69, 9.17) is 10.00 Å². The first-order chi connectivity index (χ1) is 8.77. The predicted molar refractivity (Wildman–Crippen MR) is 66.7 cm³/mol. The second-order valence-corrected chi connectivity index (χ2v) is 3.76. The Morgan fingerprint density at radius 2 is 2.22 bits per heavy atom. The maximum absolute atomic E-state index is 11.7. The molecule has 0 amide bonds. The first kappa shape index (κ1) is 12.1. The van der Waals surface area contributed by atoms with Gasteiger partial charge in [0, 0.05) is 23.3 Å². The summed E-state index contributed by atoms with van der Waals surface area (Å²) in [5, 5.41) is 10.9. The summed E-state index contributed by atoms with van der Waals surface area (Å²) in [5.74, 6) is -1.46. The predicted octanol–water partition coefficient (Wildman–Crippen LogP) is 2.41. The number of fused-ring (bicyclic) bond motifs is 1. The lowest BCUT2D eigenvalue weighted by Crippen LogP contribution is -2.15. The van der Waals surface area contributed by atoms with Gasteiger partial charge in [-0.05, 0) is 12.3 Å². The van der Waals surface area contributed by atoms with Crippen LogP contribution in [0.3, 0.4) is 0 Å². The molecule has 2 rings (SSSR count). The summed E-state index contributed by atoms with van der Waals surface area (Å²) in [6.45, 7) is 1.98. The summed E-state index contributed by atoms with van der Waals surface area (Å²) >= 11 is 0. The third-order valence-corrected chi connectivity index (χ3v) is 2.66. The Balaban J connectivity index is 2.52. The number of benzene rings is 1. The van der Waals surface area contributed by atoms with E-state index in [0.29, 0.717) is 5.56 Å². The molecule has 0 saturated carbocycles. The Morgan fingerprint density at radius 3 is 2.94 bits per heavy atom. The molecule has 1 aromatic carbocycles. The third kappa shape index (κ3) is 2.16. The normalized spacial score (nSPS) is 11.8. The van der Waals surface area contributed by atoms with Crippen molar-refractivity contribution in [1.29, 1.82) is 5.26 Å². The summed E-state index contributed by atoms with van der Waals surface area (Å²) < 4.78 is 4.91. The fourth-order valence-corrected chi connectivity index (χ4v) is 1.84.